The van der Waals surface area contributed by atoms with Crippen LogP contribution in [0.25, 0.3) is 0 Å². The summed E-state index contributed by atoms with van der Waals surface area (Å²) in [5.74, 6) is -1.01. The van der Waals surface area contributed by atoms with Crippen molar-refractivity contribution < 1.29 is 14.7 Å². The highest BCUT2D eigenvalue weighted by atomic mass is 16.4. The van der Waals surface area contributed by atoms with Crippen LogP contribution in [0.5, 0.6) is 0 Å². The van der Waals surface area contributed by atoms with Crippen molar-refractivity contribution in [3.63, 3.8) is 0 Å². The van der Waals surface area contributed by atoms with Crippen LogP contribution in [-0.4, -0.2) is 47.6 Å². The highest BCUT2D eigenvalue weighted by Crippen LogP contribution is 2.25. The first-order valence-corrected chi connectivity index (χ1v) is 5.99. The van der Waals surface area contributed by atoms with Crippen LogP contribution in [0.2, 0.25) is 0 Å². The number of rotatable bonds is 3. The maximum Gasteiger partial charge on any atom is 0.326 e. The average molecular weight is 242 g/mol. The predicted octanol–water partition coefficient (Wildman–Crippen LogP) is 0.696. The second-order valence-corrected chi connectivity index (χ2v) is 5.62. The third-order valence-corrected chi connectivity index (χ3v) is 3.22. The van der Waals surface area contributed by atoms with E-state index in [1.54, 1.807) is 7.05 Å². The molecule has 1 rings (SSSR count). The molecule has 0 aromatic rings. The van der Waals surface area contributed by atoms with Gasteiger partial charge in [0, 0.05) is 6.54 Å². The molecule has 1 amide bonds. The molecule has 5 nitrogen and oxygen atoms in total. The van der Waals surface area contributed by atoms with E-state index in [9.17, 15) is 9.59 Å². The summed E-state index contributed by atoms with van der Waals surface area (Å²) in [7, 11) is 1.74. The molecular weight excluding hydrogens is 220 g/mol. The highest BCUT2D eigenvalue weighted by Gasteiger charge is 2.40. The molecule has 1 heterocycles. The molecule has 2 atom stereocenters. The standard InChI is InChI=1S/C12H22N2O3/c1-12(2,3)9(13-4)10(15)14-7-5-6-8(14)11(16)17/h8-9,13H,5-7H2,1-4H3,(H,16,17)/t8?,9-/m1/s1. The number of carbonyl (C=O) groups excluding carboxylic acids is 1. The summed E-state index contributed by atoms with van der Waals surface area (Å²) in [4.78, 5) is 24.9. The highest BCUT2D eigenvalue weighted by molar-refractivity contribution is 5.88. The van der Waals surface area contributed by atoms with E-state index in [4.69, 9.17) is 5.11 Å². The van der Waals surface area contributed by atoms with Crippen LogP contribution in [0.4, 0.5) is 0 Å². The van der Waals surface area contributed by atoms with Crippen LogP contribution < -0.4 is 5.32 Å². The maximum atomic E-state index is 12.3. The lowest BCUT2D eigenvalue weighted by Crippen LogP contribution is -2.54. The number of hydrogen-bond acceptors (Lipinski definition) is 3. The zero-order valence-corrected chi connectivity index (χ0v) is 11.0. The summed E-state index contributed by atoms with van der Waals surface area (Å²) in [6.07, 6.45) is 1.32. The lowest BCUT2D eigenvalue weighted by Gasteiger charge is -2.34. The molecule has 0 aromatic heterocycles. The third-order valence-electron chi connectivity index (χ3n) is 3.22. The van der Waals surface area contributed by atoms with Gasteiger partial charge in [-0.15, -0.1) is 0 Å². The molecule has 0 radical (unpaired) electrons. The molecule has 0 bridgehead atoms. The van der Waals surface area contributed by atoms with Crippen molar-refractivity contribution in [3.8, 4) is 0 Å². The Kier molecular flexibility index (Phi) is 4.14. The first-order chi connectivity index (χ1) is 7.79. The molecule has 0 spiro atoms. The minimum atomic E-state index is -0.903. The van der Waals surface area contributed by atoms with E-state index in [-0.39, 0.29) is 17.4 Å². The van der Waals surface area contributed by atoms with Crippen molar-refractivity contribution in [2.45, 2.75) is 45.7 Å². The fourth-order valence-corrected chi connectivity index (χ4v) is 2.38. The molecule has 0 aliphatic carbocycles. The molecule has 98 valence electrons. The Morgan fingerprint density at radius 1 is 1.41 bits per heavy atom. The van der Waals surface area contributed by atoms with E-state index in [1.807, 2.05) is 20.8 Å². The summed E-state index contributed by atoms with van der Waals surface area (Å²) in [6.45, 7) is 6.46. The number of nitrogens with zero attached hydrogens (tertiary/aromatic N) is 1. The van der Waals surface area contributed by atoms with E-state index < -0.39 is 12.0 Å². The Morgan fingerprint density at radius 3 is 2.41 bits per heavy atom. The number of hydrogen-bond donors (Lipinski definition) is 2. The minimum Gasteiger partial charge on any atom is -0.480 e. The smallest absolute Gasteiger partial charge is 0.326 e. The molecule has 1 fully saturated rings. The first-order valence-electron chi connectivity index (χ1n) is 5.99. The van der Waals surface area contributed by atoms with E-state index in [1.165, 1.54) is 4.90 Å². The van der Waals surface area contributed by atoms with Crippen molar-refractivity contribution in [3.05, 3.63) is 0 Å². The molecule has 1 aliphatic rings. The fourth-order valence-electron chi connectivity index (χ4n) is 2.38. The zero-order valence-electron chi connectivity index (χ0n) is 11.0. The largest absolute Gasteiger partial charge is 0.480 e. The molecule has 5 heteroatoms. The number of carboxylic acid groups (broad SMARTS) is 1. The molecular formula is C12H22N2O3. The van der Waals surface area contributed by atoms with Crippen molar-refractivity contribution in [1.82, 2.24) is 10.2 Å². The average Bonchev–Trinajstić information content (AvgIpc) is 2.64. The zero-order chi connectivity index (χ0) is 13.2. The molecule has 0 aromatic carbocycles. The molecule has 17 heavy (non-hydrogen) atoms. The lowest BCUT2D eigenvalue weighted by molar-refractivity contribution is -0.150. The number of likely N-dealkylation sites (N-methyl/N-ethyl adjacent to an activating group) is 1. The van der Waals surface area contributed by atoms with Crippen molar-refractivity contribution in [2.24, 2.45) is 5.41 Å². The Labute approximate surface area is 102 Å². The number of carboxylic acids is 1. The van der Waals surface area contributed by atoms with Gasteiger partial charge in [0.05, 0.1) is 6.04 Å². The number of carbonyl (C=O) groups is 2. The van der Waals surface area contributed by atoms with Crippen LogP contribution in [0.15, 0.2) is 0 Å². The third kappa shape index (κ3) is 2.97. The summed E-state index contributed by atoms with van der Waals surface area (Å²) >= 11 is 0. The summed E-state index contributed by atoms with van der Waals surface area (Å²) < 4.78 is 0. The maximum absolute atomic E-state index is 12.3. The topological polar surface area (TPSA) is 69.6 Å². The summed E-state index contributed by atoms with van der Waals surface area (Å²) in [5.41, 5.74) is -0.225. The first kappa shape index (κ1) is 14.0. The van der Waals surface area contributed by atoms with Gasteiger partial charge in [-0.3, -0.25) is 4.79 Å². The second-order valence-electron chi connectivity index (χ2n) is 5.62. The van der Waals surface area contributed by atoms with Crippen LogP contribution in [0.3, 0.4) is 0 Å². The van der Waals surface area contributed by atoms with Crippen LogP contribution in [0.1, 0.15) is 33.6 Å². The Morgan fingerprint density at radius 2 is 2.00 bits per heavy atom. The fraction of sp³-hybridized carbons (Fsp3) is 0.833. The minimum absolute atomic E-state index is 0.107. The SMILES string of the molecule is CN[C@H](C(=O)N1CCCC1C(=O)O)C(C)(C)C. The number of amides is 1. The molecule has 1 unspecified atom stereocenters. The van der Waals surface area contributed by atoms with Crippen LogP contribution in [0, 0.1) is 5.41 Å². The van der Waals surface area contributed by atoms with Gasteiger partial charge >= 0.3 is 5.97 Å². The van der Waals surface area contributed by atoms with Gasteiger partial charge in [0.15, 0.2) is 0 Å². The predicted molar refractivity (Wildman–Crippen MR) is 64.7 cm³/mol. The summed E-state index contributed by atoms with van der Waals surface area (Å²) in [5, 5.41) is 12.1. The van der Waals surface area contributed by atoms with Crippen LogP contribution >= 0.6 is 0 Å². The number of nitrogens with one attached hydrogen (secondary N) is 1. The molecule has 2 N–H and O–H groups in total. The Bertz CT molecular complexity index is 309. The van der Waals surface area contributed by atoms with Crippen molar-refractivity contribution >= 4 is 11.9 Å². The van der Waals surface area contributed by atoms with Gasteiger partial charge < -0.3 is 15.3 Å². The number of likely N-dealkylation sites (tertiary alicyclic amines) is 1. The van der Waals surface area contributed by atoms with Crippen molar-refractivity contribution in [1.29, 1.82) is 0 Å². The molecule has 1 saturated heterocycles. The quantitative estimate of drug-likeness (QED) is 0.764. The van der Waals surface area contributed by atoms with E-state index in [0.717, 1.165) is 6.42 Å². The second kappa shape index (κ2) is 5.04. The van der Waals surface area contributed by atoms with E-state index in [0.29, 0.717) is 13.0 Å². The Balaban J connectivity index is 2.84. The van der Waals surface area contributed by atoms with Gasteiger partial charge in [0.2, 0.25) is 5.91 Å². The van der Waals surface area contributed by atoms with Crippen molar-refractivity contribution in [2.75, 3.05) is 13.6 Å². The lowest BCUT2D eigenvalue weighted by atomic mass is 9.86. The van der Waals surface area contributed by atoms with Gasteiger partial charge in [0.25, 0.3) is 0 Å². The van der Waals surface area contributed by atoms with Gasteiger partial charge in [0.1, 0.15) is 6.04 Å². The van der Waals surface area contributed by atoms with Gasteiger partial charge in [-0.1, -0.05) is 20.8 Å². The molecule has 1 aliphatic heterocycles. The number of aliphatic carboxylic acids is 1. The van der Waals surface area contributed by atoms with Gasteiger partial charge in [-0.25, -0.2) is 4.79 Å². The van der Waals surface area contributed by atoms with Gasteiger partial charge in [-0.05, 0) is 25.3 Å². The summed E-state index contributed by atoms with van der Waals surface area (Å²) in [6, 6.07) is -0.997. The molecule has 0 saturated carbocycles. The van der Waals surface area contributed by atoms with E-state index in [2.05, 4.69) is 5.32 Å². The van der Waals surface area contributed by atoms with E-state index >= 15 is 0 Å². The monoisotopic (exact) mass is 242 g/mol. The Hall–Kier alpha value is -1.10. The normalized spacial score (nSPS) is 22.6. The van der Waals surface area contributed by atoms with Gasteiger partial charge in [-0.2, -0.15) is 0 Å². The van der Waals surface area contributed by atoms with Crippen LogP contribution in [-0.2, 0) is 9.59 Å².